The van der Waals surface area contributed by atoms with Gasteiger partial charge in [-0.3, -0.25) is 4.79 Å². The number of nitrogens with zero attached hydrogens (tertiary/aromatic N) is 1. The first-order valence-corrected chi connectivity index (χ1v) is 4.81. The summed E-state index contributed by atoms with van der Waals surface area (Å²) >= 11 is 0. The van der Waals surface area contributed by atoms with E-state index in [2.05, 4.69) is 4.98 Å². The fourth-order valence-electron chi connectivity index (χ4n) is 1.55. The molecule has 0 aliphatic carbocycles. The molecule has 4 nitrogen and oxygen atoms in total. The van der Waals surface area contributed by atoms with Crippen LogP contribution in [0.1, 0.15) is 16.9 Å². The normalized spacial score (nSPS) is 10.0. The van der Waals surface area contributed by atoms with E-state index in [0.717, 1.165) is 16.7 Å². The van der Waals surface area contributed by atoms with E-state index in [0.29, 0.717) is 5.69 Å². The molecule has 1 aromatic carbocycles. The zero-order chi connectivity index (χ0) is 11.5. The number of hydrogen-bond donors (Lipinski definition) is 1. The summed E-state index contributed by atoms with van der Waals surface area (Å²) < 4.78 is 5.09. The molecule has 4 heteroatoms. The molecule has 2 aromatic rings. The average Bonchev–Trinajstić information content (AvgIpc) is 2.71. The van der Waals surface area contributed by atoms with E-state index >= 15 is 0 Å². The molecule has 16 heavy (non-hydrogen) atoms. The number of rotatable bonds is 3. The number of H-pyrrole nitrogens is 1. The Hall–Kier alpha value is -2.28. The van der Waals surface area contributed by atoms with Crippen molar-refractivity contribution in [2.75, 3.05) is 7.11 Å². The van der Waals surface area contributed by atoms with Gasteiger partial charge in [0, 0.05) is 10.9 Å². The number of methoxy groups -OCH3 is 1. The van der Waals surface area contributed by atoms with Gasteiger partial charge >= 0.3 is 0 Å². The molecule has 1 aromatic heterocycles. The van der Waals surface area contributed by atoms with E-state index < -0.39 is 0 Å². The maximum Gasteiger partial charge on any atom is 0.193 e. The highest BCUT2D eigenvalue weighted by molar-refractivity contribution is 6.00. The Balaban J connectivity index is 2.44. The summed E-state index contributed by atoms with van der Waals surface area (Å²) in [7, 11) is 1.59. The monoisotopic (exact) mass is 214 g/mol. The number of ketones is 1. The van der Waals surface area contributed by atoms with Crippen molar-refractivity contribution in [3.05, 3.63) is 30.0 Å². The van der Waals surface area contributed by atoms with E-state index in [1.54, 1.807) is 13.2 Å². The van der Waals surface area contributed by atoms with Crippen LogP contribution in [0.2, 0.25) is 0 Å². The molecular formula is C12H10N2O2. The van der Waals surface area contributed by atoms with Gasteiger partial charge in [0.25, 0.3) is 0 Å². The van der Waals surface area contributed by atoms with Gasteiger partial charge in [0.15, 0.2) is 5.78 Å². The molecule has 0 amide bonds. The number of carbonyl (C=O) groups excluding carboxylic acids is 1. The summed E-state index contributed by atoms with van der Waals surface area (Å²) in [5, 5.41) is 9.35. The maximum absolute atomic E-state index is 11.5. The topological polar surface area (TPSA) is 65.9 Å². The minimum Gasteiger partial charge on any atom is -0.497 e. The largest absolute Gasteiger partial charge is 0.497 e. The summed E-state index contributed by atoms with van der Waals surface area (Å²) in [4.78, 5) is 14.5. The Kier molecular flexibility index (Phi) is 2.61. The third-order valence-electron chi connectivity index (χ3n) is 2.37. The molecule has 0 bridgehead atoms. The van der Waals surface area contributed by atoms with Gasteiger partial charge in [0.05, 0.1) is 18.9 Å². The summed E-state index contributed by atoms with van der Waals surface area (Å²) in [6, 6.07) is 9.08. The Morgan fingerprint density at radius 3 is 3.00 bits per heavy atom. The summed E-state index contributed by atoms with van der Waals surface area (Å²) in [5.41, 5.74) is 1.33. The highest BCUT2D eigenvalue weighted by Crippen LogP contribution is 2.21. The first-order valence-electron chi connectivity index (χ1n) is 4.81. The smallest absolute Gasteiger partial charge is 0.193 e. The number of aromatic amines is 1. The van der Waals surface area contributed by atoms with Gasteiger partial charge in [-0.1, -0.05) is 0 Å². The molecule has 80 valence electrons. The van der Waals surface area contributed by atoms with E-state index in [-0.39, 0.29) is 12.2 Å². The molecule has 1 N–H and O–H groups in total. The van der Waals surface area contributed by atoms with Gasteiger partial charge in [-0.25, -0.2) is 0 Å². The SMILES string of the molecule is COc1ccc2[nH]c(C(=O)CC#N)cc2c1. The fourth-order valence-corrected chi connectivity index (χ4v) is 1.55. The van der Waals surface area contributed by atoms with Crippen LogP contribution in [0.3, 0.4) is 0 Å². The van der Waals surface area contributed by atoms with Crippen LogP contribution in [0, 0.1) is 11.3 Å². The van der Waals surface area contributed by atoms with Gasteiger partial charge in [0.2, 0.25) is 0 Å². The third kappa shape index (κ3) is 1.75. The quantitative estimate of drug-likeness (QED) is 0.797. The molecule has 1 heterocycles. The van der Waals surface area contributed by atoms with Crippen LogP contribution in [-0.2, 0) is 0 Å². The number of aromatic nitrogens is 1. The number of nitrogens with one attached hydrogen (secondary N) is 1. The van der Waals surface area contributed by atoms with Crippen molar-refractivity contribution in [1.29, 1.82) is 5.26 Å². The molecule has 0 fully saturated rings. The van der Waals surface area contributed by atoms with Crippen LogP contribution in [0.15, 0.2) is 24.3 Å². The Bertz CT molecular complexity index is 578. The van der Waals surface area contributed by atoms with Crippen LogP contribution < -0.4 is 4.74 Å². The second-order valence-electron chi connectivity index (χ2n) is 3.39. The van der Waals surface area contributed by atoms with Gasteiger partial charge < -0.3 is 9.72 Å². The molecule has 0 saturated heterocycles. The molecule has 0 atom stereocenters. The molecule has 0 aliphatic rings. The van der Waals surface area contributed by atoms with Crippen molar-refractivity contribution < 1.29 is 9.53 Å². The number of benzene rings is 1. The Labute approximate surface area is 92.4 Å². The standard InChI is InChI=1S/C12H10N2O2/c1-16-9-2-3-10-8(6-9)7-11(14-10)12(15)4-5-13/h2-3,6-7,14H,4H2,1H3. The minimum absolute atomic E-state index is 0.107. The lowest BCUT2D eigenvalue weighted by atomic mass is 10.2. The fraction of sp³-hybridized carbons (Fsp3) is 0.167. The molecule has 0 saturated carbocycles. The summed E-state index contributed by atoms with van der Waals surface area (Å²) in [6.07, 6.45) is -0.107. The number of ether oxygens (including phenoxy) is 1. The average molecular weight is 214 g/mol. The second-order valence-corrected chi connectivity index (χ2v) is 3.39. The van der Waals surface area contributed by atoms with Crippen molar-refractivity contribution in [3.8, 4) is 11.8 Å². The van der Waals surface area contributed by atoms with Crippen LogP contribution in [-0.4, -0.2) is 17.9 Å². The maximum atomic E-state index is 11.5. The lowest BCUT2D eigenvalue weighted by Crippen LogP contribution is -1.96. The predicted octanol–water partition coefficient (Wildman–Crippen LogP) is 2.27. The number of carbonyl (C=O) groups is 1. The first-order chi connectivity index (χ1) is 7.74. The molecule has 0 spiro atoms. The van der Waals surface area contributed by atoms with Crippen LogP contribution >= 0.6 is 0 Å². The van der Waals surface area contributed by atoms with Crippen molar-refractivity contribution in [2.24, 2.45) is 0 Å². The number of nitriles is 1. The van der Waals surface area contributed by atoms with E-state index in [9.17, 15) is 4.79 Å². The van der Waals surface area contributed by atoms with Gasteiger partial charge in [-0.05, 0) is 24.3 Å². The van der Waals surface area contributed by atoms with Crippen molar-refractivity contribution in [1.82, 2.24) is 4.98 Å². The van der Waals surface area contributed by atoms with Gasteiger partial charge in [-0.15, -0.1) is 0 Å². The molecule has 0 radical (unpaired) electrons. The molecular weight excluding hydrogens is 204 g/mol. The van der Waals surface area contributed by atoms with E-state index in [1.807, 2.05) is 24.3 Å². The summed E-state index contributed by atoms with van der Waals surface area (Å²) in [5.74, 6) is 0.545. The summed E-state index contributed by atoms with van der Waals surface area (Å²) in [6.45, 7) is 0. The number of hydrogen-bond acceptors (Lipinski definition) is 3. The minimum atomic E-state index is -0.197. The van der Waals surface area contributed by atoms with E-state index in [1.165, 1.54) is 0 Å². The first kappa shape index (κ1) is 10.2. The van der Waals surface area contributed by atoms with Crippen molar-refractivity contribution in [2.45, 2.75) is 6.42 Å². The Morgan fingerprint density at radius 1 is 1.50 bits per heavy atom. The lowest BCUT2D eigenvalue weighted by molar-refractivity contribution is 0.0994. The predicted molar refractivity (Wildman–Crippen MR) is 59.4 cm³/mol. The molecule has 0 aliphatic heterocycles. The van der Waals surface area contributed by atoms with Crippen molar-refractivity contribution >= 4 is 16.7 Å². The zero-order valence-electron chi connectivity index (χ0n) is 8.78. The van der Waals surface area contributed by atoms with Crippen molar-refractivity contribution in [3.63, 3.8) is 0 Å². The molecule has 0 unspecified atom stereocenters. The van der Waals surface area contributed by atoms with Gasteiger partial charge in [-0.2, -0.15) is 5.26 Å². The highest BCUT2D eigenvalue weighted by atomic mass is 16.5. The zero-order valence-corrected chi connectivity index (χ0v) is 8.78. The lowest BCUT2D eigenvalue weighted by Gasteiger charge is -1.97. The Morgan fingerprint density at radius 2 is 2.31 bits per heavy atom. The number of fused-ring (bicyclic) bond motifs is 1. The molecule has 2 rings (SSSR count). The van der Waals surface area contributed by atoms with E-state index in [4.69, 9.17) is 10.00 Å². The second kappa shape index (κ2) is 4.07. The number of Topliss-reactive ketones (excluding diaryl/α,β-unsaturated/α-hetero) is 1. The van der Waals surface area contributed by atoms with Crippen LogP contribution in [0.25, 0.3) is 10.9 Å². The van der Waals surface area contributed by atoms with Gasteiger partial charge in [0.1, 0.15) is 12.2 Å². The van der Waals surface area contributed by atoms with Crippen LogP contribution in [0.4, 0.5) is 0 Å². The van der Waals surface area contributed by atoms with Crippen LogP contribution in [0.5, 0.6) is 5.75 Å². The highest BCUT2D eigenvalue weighted by Gasteiger charge is 2.09. The third-order valence-corrected chi connectivity index (χ3v) is 2.37.